The zero-order valence-corrected chi connectivity index (χ0v) is 12.0. The zero-order chi connectivity index (χ0) is 15.7. The van der Waals surface area contributed by atoms with Gasteiger partial charge in [0.05, 0.1) is 12.5 Å². The molecular weight excluding hydrogens is 286 g/mol. The van der Waals surface area contributed by atoms with Crippen molar-refractivity contribution in [3.05, 3.63) is 40.3 Å². The van der Waals surface area contributed by atoms with E-state index in [0.717, 1.165) is 17.5 Å². The fraction of sp³-hybridized carbons (Fsp3) is 0.333. The Bertz CT molecular complexity index is 808. The maximum absolute atomic E-state index is 12.4. The predicted molar refractivity (Wildman–Crippen MR) is 78.5 cm³/mol. The van der Waals surface area contributed by atoms with E-state index < -0.39 is 11.5 Å². The van der Waals surface area contributed by atoms with Crippen molar-refractivity contribution in [2.75, 3.05) is 7.11 Å². The third-order valence-electron chi connectivity index (χ3n) is 3.50. The van der Waals surface area contributed by atoms with Crippen molar-refractivity contribution in [3.63, 3.8) is 0 Å². The topological polar surface area (TPSA) is 90.3 Å². The summed E-state index contributed by atoms with van der Waals surface area (Å²) in [5, 5.41) is 7.73. The summed E-state index contributed by atoms with van der Waals surface area (Å²) in [5.74, 6) is -0.934. The lowest BCUT2D eigenvalue weighted by Gasteiger charge is -2.10. The number of fused-ring (bicyclic) bond motifs is 1. The van der Waals surface area contributed by atoms with Gasteiger partial charge in [-0.15, -0.1) is 0 Å². The van der Waals surface area contributed by atoms with Gasteiger partial charge in [-0.25, -0.2) is 4.68 Å². The summed E-state index contributed by atoms with van der Waals surface area (Å²) in [4.78, 5) is 36.1. The van der Waals surface area contributed by atoms with Gasteiger partial charge in [0.15, 0.2) is 5.69 Å². The molecule has 0 saturated heterocycles. The quantitative estimate of drug-likeness (QED) is 0.829. The minimum atomic E-state index is -0.599. The van der Waals surface area contributed by atoms with Gasteiger partial charge >= 0.3 is 5.97 Å². The minimum absolute atomic E-state index is 0.144. The van der Waals surface area contributed by atoms with Crippen LogP contribution in [0.2, 0.25) is 0 Å². The van der Waals surface area contributed by atoms with Crippen LogP contribution in [0.3, 0.4) is 0 Å². The van der Waals surface area contributed by atoms with Gasteiger partial charge in [-0.05, 0) is 18.9 Å². The van der Waals surface area contributed by atoms with Crippen molar-refractivity contribution >= 4 is 22.6 Å². The van der Waals surface area contributed by atoms with Crippen LogP contribution in [-0.2, 0) is 16.1 Å². The zero-order valence-electron chi connectivity index (χ0n) is 12.0. The van der Waals surface area contributed by atoms with Crippen LogP contribution >= 0.6 is 0 Å². The van der Waals surface area contributed by atoms with Crippen molar-refractivity contribution in [3.8, 4) is 0 Å². The summed E-state index contributed by atoms with van der Waals surface area (Å²) in [7, 11) is 1.23. The number of benzene rings is 1. The van der Waals surface area contributed by atoms with Crippen LogP contribution in [0.5, 0.6) is 0 Å². The molecule has 0 radical (unpaired) electrons. The van der Waals surface area contributed by atoms with Crippen molar-refractivity contribution in [2.24, 2.45) is 0 Å². The van der Waals surface area contributed by atoms with Gasteiger partial charge in [0, 0.05) is 11.4 Å². The van der Waals surface area contributed by atoms with E-state index in [9.17, 15) is 14.4 Å². The molecule has 1 saturated carbocycles. The Morgan fingerprint density at radius 3 is 2.64 bits per heavy atom. The molecule has 114 valence electrons. The third-order valence-corrected chi connectivity index (χ3v) is 3.50. The second-order valence-corrected chi connectivity index (χ2v) is 5.18. The highest BCUT2D eigenvalue weighted by atomic mass is 16.5. The number of amides is 1. The van der Waals surface area contributed by atoms with Crippen LogP contribution in [0.15, 0.2) is 29.1 Å². The summed E-state index contributed by atoms with van der Waals surface area (Å²) < 4.78 is 5.53. The van der Waals surface area contributed by atoms with Crippen LogP contribution in [0.25, 0.3) is 10.8 Å². The van der Waals surface area contributed by atoms with Crippen LogP contribution in [0, 0.1) is 0 Å². The molecule has 3 rings (SSSR count). The number of nitrogens with one attached hydrogen (secondary N) is 1. The first-order valence-electron chi connectivity index (χ1n) is 6.97. The maximum atomic E-state index is 12.4. The Hall–Kier alpha value is -2.70. The number of hydrogen-bond acceptors (Lipinski definition) is 5. The number of carbonyl (C=O) groups is 2. The second kappa shape index (κ2) is 5.59. The summed E-state index contributed by atoms with van der Waals surface area (Å²) in [5.41, 5.74) is -0.282. The van der Waals surface area contributed by atoms with E-state index in [-0.39, 0.29) is 24.2 Å². The van der Waals surface area contributed by atoms with Crippen molar-refractivity contribution in [2.45, 2.75) is 25.4 Å². The fourth-order valence-electron chi connectivity index (χ4n) is 2.18. The Kier molecular flexibility index (Phi) is 3.62. The number of ether oxygens (including phenoxy) is 1. The molecule has 1 heterocycles. The van der Waals surface area contributed by atoms with Crippen molar-refractivity contribution < 1.29 is 14.3 Å². The number of esters is 1. The molecule has 1 amide bonds. The summed E-state index contributed by atoms with van der Waals surface area (Å²) >= 11 is 0. The molecule has 0 unspecified atom stereocenters. The first-order valence-corrected chi connectivity index (χ1v) is 6.97. The van der Waals surface area contributed by atoms with Crippen molar-refractivity contribution in [1.82, 2.24) is 15.1 Å². The Morgan fingerprint density at radius 2 is 2.00 bits per heavy atom. The first-order chi connectivity index (χ1) is 10.6. The fourth-order valence-corrected chi connectivity index (χ4v) is 2.18. The number of hydrogen-bond donors (Lipinski definition) is 1. The van der Waals surface area contributed by atoms with E-state index >= 15 is 0 Å². The SMILES string of the molecule is COC(=O)Cn1nc(C(=O)NC2CC2)c2ccccc2c1=O. The largest absolute Gasteiger partial charge is 0.468 e. The monoisotopic (exact) mass is 301 g/mol. The summed E-state index contributed by atoms with van der Waals surface area (Å²) in [6.45, 7) is -0.329. The highest BCUT2D eigenvalue weighted by molar-refractivity contribution is 6.05. The van der Waals surface area contributed by atoms with Gasteiger partial charge in [-0.1, -0.05) is 18.2 Å². The number of methoxy groups -OCH3 is 1. The minimum Gasteiger partial charge on any atom is -0.468 e. The normalized spacial score (nSPS) is 13.9. The number of nitrogens with zero attached hydrogens (tertiary/aromatic N) is 2. The van der Waals surface area contributed by atoms with E-state index in [4.69, 9.17) is 0 Å². The van der Waals surface area contributed by atoms with Gasteiger partial charge in [0.1, 0.15) is 6.54 Å². The molecule has 22 heavy (non-hydrogen) atoms. The Morgan fingerprint density at radius 1 is 1.32 bits per heavy atom. The van der Waals surface area contributed by atoms with Crippen molar-refractivity contribution in [1.29, 1.82) is 0 Å². The molecule has 1 fully saturated rings. The maximum Gasteiger partial charge on any atom is 0.327 e. The highest BCUT2D eigenvalue weighted by Gasteiger charge is 2.26. The summed E-state index contributed by atoms with van der Waals surface area (Å²) in [6, 6.07) is 6.90. The lowest BCUT2D eigenvalue weighted by Crippen LogP contribution is -2.33. The predicted octanol–water partition coefficient (Wildman–Crippen LogP) is 0.462. The molecule has 1 aromatic carbocycles. The molecule has 0 aliphatic heterocycles. The van der Waals surface area contributed by atoms with Gasteiger partial charge < -0.3 is 10.1 Å². The second-order valence-electron chi connectivity index (χ2n) is 5.18. The molecule has 1 aliphatic rings. The Balaban J connectivity index is 2.12. The van der Waals surface area contributed by atoms with E-state index in [1.54, 1.807) is 24.3 Å². The highest BCUT2D eigenvalue weighted by Crippen LogP contribution is 2.20. The molecule has 0 bridgehead atoms. The molecule has 0 spiro atoms. The smallest absolute Gasteiger partial charge is 0.327 e. The lowest BCUT2D eigenvalue weighted by molar-refractivity contribution is -0.141. The van der Waals surface area contributed by atoms with E-state index in [0.29, 0.717) is 10.8 Å². The molecule has 1 aliphatic carbocycles. The average Bonchev–Trinajstić information content (AvgIpc) is 3.33. The van der Waals surface area contributed by atoms with Crippen LogP contribution < -0.4 is 10.9 Å². The molecular formula is C15H15N3O4. The van der Waals surface area contributed by atoms with E-state index in [1.807, 2.05) is 0 Å². The average molecular weight is 301 g/mol. The molecule has 0 atom stereocenters. The van der Waals surface area contributed by atoms with E-state index in [2.05, 4.69) is 15.2 Å². The third kappa shape index (κ3) is 2.69. The first kappa shape index (κ1) is 14.2. The van der Waals surface area contributed by atoms with Crippen LogP contribution in [-0.4, -0.2) is 34.8 Å². The molecule has 1 N–H and O–H groups in total. The van der Waals surface area contributed by atoms with Gasteiger partial charge in [-0.3, -0.25) is 14.4 Å². The van der Waals surface area contributed by atoms with Gasteiger partial charge in [0.2, 0.25) is 0 Å². The number of carbonyl (C=O) groups excluding carboxylic acids is 2. The molecule has 7 heteroatoms. The van der Waals surface area contributed by atoms with E-state index in [1.165, 1.54) is 7.11 Å². The van der Waals surface area contributed by atoms with Gasteiger partial charge in [0.25, 0.3) is 11.5 Å². The lowest BCUT2D eigenvalue weighted by atomic mass is 10.1. The summed E-state index contributed by atoms with van der Waals surface area (Å²) in [6.07, 6.45) is 1.90. The molecule has 2 aromatic rings. The van der Waals surface area contributed by atoms with Crippen LogP contribution in [0.4, 0.5) is 0 Å². The van der Waals surface area contributed by atoms with Crippen LogP contribution in [0.1, 0.15) is 23.3 Å². The molecule has 1 aromatic heterocycles. The molecule has 7 nitrogen and oxygen atoms in total. The van der Waals surface area contributed by atoms with Gasteiger partial charge in [-0.2, -0.15) is 5.10 Å². The standard InChI is InChI=1S/C15H15N3O4/c1-22-12(19)8-18-15(21)11-5-3-2-4-10(11)13(17-18)14(20)16-9-6-7-9/h2-5,9H,6-8H2,1H3,(H,16,20). The number of rotatable bonds is 4. The number of aromatic nitrogens is 2. The Labute approximate surface area is 125 Å².